The summed E-state index contributed by atoms with van der Waals surface area (Å²) in [5.41, 5.74) is 8.10. The Morgan fingerprint density at radius 3 is 2.44 bits per heavy atom. The summed E-state index contributed by atoms with van der Waals surface area (Å²) < 4.78 is 0. The van der Waals surface area contributed by atoms with E-state index in [1.54, 1.807) is 0 Å². The summed E-state index contributed by atoms with van der Waals surface area (Å²) >= 11 is 0. The van der Waals surface area contributed by atoms with E-state index in [2.05, 4.69) is 34.7 Å². The Kier molecular flexibility index (Phi) is 3.69. The molecule has 1 unspecified atom stereocenters. The maximum Gasteiger partial charge on any atom is 0.0731 e. The molecule has 1 aromatic heterocycles. The van der Waals surface area contributed by atoms with Crippen molar-refractivity contribution >= 4 is 0 Å². The number of aromatic nitrogens is 2. The van der Waals surface area contributed by atoms with Gasteiger partial charge in [-0.3, -0.25) is 5.84 Å². The molecule has 94 valence electrons. The second-order valence-corrected chi connectivity index (χ2v) is 4.48. The third kappa shape index (κ3) is 2.39. The predicted octanol–water partition coefficient (Wildman–Crippen LogP) is 1.95. The zero-order valence-corrected chi connectivity index (χ0v) is 10.9. The molecule has 4 nitrogen and oxygen atoms in total. The van der Waals surface area contributed by atoms with Crippen LogP contribution in [0, 0.1) is 20.8 Å². The quantitative estimate of drug-likeness (QED) is 0.638. The SMILES string of the molecule is Cc1cc(C(NN)c2ccccc2C)c(C)nn1. The Balaban J connectivity index is 2.52. The summed E-state index contributed by atoms with van der Waals surface area (Å²) in [7, 11) is 0. The fraction of sp³-hybridized carbons (Fsp3) is 0.286. The largest absolute Gasteiger partial charge is 0.271 e. The fourth-order valence-corrected chi connectivity index (χ4v) is 2.12. The van der Waals surface area contributed by atoms with E-state index in [4.69, 9.17) is 5.84 Å². The van der Waals surface area contributed by atoms with Crippen LogP contribution in [0.2, 0.25) is 0 Å². The zero-order valence-electron chi connectivity index (χ0n) is 10.9. The van der Waals surface area contributed by atoms with Gasteiger partial charge in [-0.2, -0.15) is 10.2 Å². The molecule has 18 heavy (non-hydrogen) atoms. The first-order chi connectivity index (χ1) is 8.63. The average molecular weight is 242 g/mol. The molecular formula is C14H18N4. The van der Waals surface area contributed by atoms with E-state index in [0.29, 0.717) is 0 Å². The van der Waals surface area contributed by atoms with Crippen LogP contribution in [0.3, 0.4) is 0 Å². The van der Waals surface area contributed by atoms with Crippen molar-refractivity contribution in [1.82, 2.24) is 15.6 Å². The Labute approximate surface area is 107 Å². The summed E-state index contributed by atoms with van der Waals surface area (Å²) in [5.74, 6) is 5.73. The van der Waals surface area contributed by atoms with Gasteiger partial charge in [-0.1, -0.05) is 24.3 Å². The first kappa shape index (κ1) is 12.7. The number of aryl methyl sites for hydroxylation is 3. The van der Waals surface area contributed by atoms with Crippen molar-refractivity contribution in [1.29, 1.82) is 0 Å². The van der Waals surface area contributed by atoms with E-state index in [0.717, 1.165) is 22.5 Å². The van der Waals surface area contributed by atoms with Gasteiger partial charge in [0, 0.05) is 0 Å². The van der Waals surface area contributed by atoms with Gasteiger partial charge in [0.25, 0.3) is 0 Å². The summed E-state index contributed by atoms with van der Waals surface area (Å²) in [6.45, 7) is 5.96. The normalized spacial score (nSPS) is 12.4. The van der Waals surface area contributed by atoms with Crippen molar-refractivity contribution in [2.24, 2.45) is 5.84 Å². The van der Waals surface area contributed by atoms with Gasteiger partial charge in [-0.05, 0) is 43.5 Å². The molecule has 0 aliphatic heterocycles. The third-order valence-electron chi connectivity index (χ3n) is 3.12. The summed E-state index contributed by atoms with van der Waals surface area (Å²) in [5, 5.41) is 8.21. The highest BCUT2D eigenvalue weighted by atomic mass is 15.2. The highest BCUT2D eigenvalue weighted by Gasteiger charge is 2.17. The number of nitrogens with two attached hydrogens (primary N) is 1. The minimum absolute atomic E-state index is 0.0552. The lowest BCUT2D eigenvalue weighted by Gasteiger charge is -2.20. The standard InChI is InChI=1S/C14H18N4/c1-9-6-4-5-7-12(9)14(16-15)13-8-10(2)17-18-11(13)3/h4-8,14,16H,15H2,1-3H3. The lowest BCUT2D eigenvalue weighted by molar-refractivity contribution is 0.623. The molecule has 2 aromatic rings. The highest BCUT2D eigenvalue weighted by molar-refractivity contribution is 5.38. The molecule has 0 spiro atoms. The number of nitrogens with zero attached hydrogens (tertiary/aromatic N) is 2. The number of nitrogens with one attached hydrogen (secondary N) is 1. The van der Waals surface area contributed by atoms with Gasteiger partial charge in [-0.25, -0.2) is 5.43 Å². The predicted molar refractivity (Wildman–Crippen MR) is 71.9 cm³/mol. The Hall–Kier alpha value is -1.78. The molecule has 4 heteroatoms. The molecule has 0 saturated heterocycles. The van der Waals surface area contributed by atoms with Crippen LogP contribution >= 0.6 is 0 Å². The molecule has 2 rings (SSSR count). The molecule has 0 radical (unpaired) electrons. The first-order valence-corrected chi connectivity index (χ1v) is 5.96. The van der Waals surface area contributed by atoms with Crippen LogP contribution in [0.25, 0.3) is 0 Å². The van der Waals surface area contributed by atoms with Gasteiger partial charge in [0.2, 0.25) is 0 Å². The number of hydrazine groups is 1. The summed E-state index contributed by atoms with van der Waals surface area (Å²) in [6.07, 6.45) is 0. The van der Waals surface area contributed by atoms with Crippen LogP contribution < -0.4 is 11.3 Å². The monoisotopic (exact) mass is 242 g/mol. The minimum Gasteiger partial charge on any atom is -0.271 e. The Morgan fingerprint density at radius 2 is 1.78 bits per heavy atom. The molecule has 0 aliphatic carbocycles. The van der Waals surface area contributed by atoms with E-state index in [-0.39, 0.29) is 6.04 Å². The van der Waals surface area contributed by atoms with Gasteiger partial charge in [0.1, 0.15) is 0 Å². The summed E-state index contributed by atoms with van der Waals surface area (Å²) in [6, 6.07) is 10.2. The van der Waals surface area contributed by atoms with Crippen molar-refractivity contribution < 1.29 is 0 Å². The van der Waals surface area contributed by atoms with Crippen LogP contribution in [0.5, 0.6) is 0 Å². The summed E-state index contributed by atoms with van der Waals surface area (Å²) in [4.78, 5) is 0. The molecule has 1 heterocycles. The van der Waals surface area contributed by atoms with Gasteiger partial charge < -0.3 is 0 Å². The van der Waals surface area contributed by atoms with Crippen LogP contribution in [0.4, 0.5) is 0 Å². The van der Waals surface area contributed by atoms with Crippen molar-refractivity contribution in [2.75, 3.05) is 0 Å². The lowest BCUT2D eigenvalue weighted by Crippen LogP contribution is -2.30. The van der Waals surface area contributed by atoms with Crippen molar-refractivity contribution in [2.45, 2.75) is 26.8 Å². The van der Waals surface area contributed by atoms with E-state index in [9.17, 15) is 0 Å². The fourth-order valence-electron chi connectivity index (χ4n) is 2.12. The minimum atomic E-state index is -0.0552. The molecular weight excluding hydrogens is 224 g/mol. The van der Waals surface area contributed by atoms with Crippen LogP contribution in [0.1, 0.15) is 34.1 Å². The zero-order chi connectivity index (χ0) is 13.1. The average Bonchev–Trinajstić information content (AvgIpc) is 2.36. The number of benzene rings is 1. The molecule has 3 N–H and O–H groups in total. The smallest absolute Gasteiger partial charge is 0.0731 e. The van der Waals surface area contributed by atoms with Gasteiger partial charge in [0.15, 0.2) is 0 Å². The lowest BCUT2D eigenvalue weighted by atomic mass is 9.94. The molecule has 0 saturated carbocycles. The maximum absolute atomic E-state index is 5.73. The first-order valence-electron chi connectivity index (χ1n) is 5.96. The second-order valence-electron chi connectivity index (χ2n) is 4.48. The molecule has 0 fully saturated rings. The highest BCUT2D eigenvalue weighted by Crippen LogP contribution is 2.25. The molecule has 0 amide bonds. The number of rotatable bonds is 3. The van der Waals surface area contributed by atoms with Crippen molar-refractivity contribution in [3.8, 4) is 0 Å². The topological polar surface area (TPSA) is 63.8 Å². The van der Waals surface area contributed by atoms with Crippen molar-refractivity contribution in [3.63, 3.8) is 0 Å². The van der Waals surface area contributed by atoms with Crippen LogP contribution in [-0.2, 0) is 0 Å². The Morgan fingerprint density at radius 1 is 1.06 bits per heavy atom. The number of hydrogen-bond donors (Lipinski definition) is 2. The molecule has 0 aliphatic rings. The maximum atomic E-state index is 5.73. The van der Waals surface area contributed by atoms with E-state index < -0.39 is 0 Å². The Bertz CT molecular complexity index is 551. The van der Waals surface area contributed by atoms with Gasteiger partial charge in [0.05, 0.1) is 17.4 Å². The molecule has 1 atom stereocenters. The van der Waals surface area contributed by atoms with Crippen LogP contribution in [-0.4, -0.2) is 10.2 Å². The van der Waals surface area contributed by atoms with Gasteiger partial charge in [-0.15, -0.1) is 0 Å². The van der Waals surface area contributed by atoms with E-state index >= 15 is 0 Å². The van der Waals surface area contributed by atoms with E-state index in [1.807, 2.05) is 32.0 Å². The van der Waals surface area contributed by atoms with Crippen molar-refractivity contribution in [3.05, 3.63) is 58.4 Å². The second kappa shape index (κ2) is 5.25. The number of hydrogen-bond acceptors (Lipinski definition) is 4. The third-order valence-corrected chi connectivity index (χ3v) is 3.12. The van der Waals surface area contributed by atoms with Crippen LogP contribution in [0.15, 0.2) is 30.3 Å². The molecule has 1 aromatic carbocycles. The van der Waals surface area contributed by atoms with Gasteiger partial charge >= 0.3 is 0 Å². The molecule has 0 bridgehead atoms. The van der Waals surface area contributed by atoms with E-state index in [1.165, 1.54) is 5.56 Å².